The van der Waals surface area contributed by atoms with Crippen LogP contribution in [0.15, 0.2) is 0 Å². The van der Waals surface area contributed by atoms with Gasteiger partial charge in [-0.15, -0.1) is 0 Å². The van der Waals surface area contributed by atoms with Crippen LogP contribution in [0.5, 0.6) is 0 Å². The summed E-state index contributed by atoms with van der Waals surface area (Å²) in [4.78, 5) is 13.8. The summed E-state index contributed by atoms with van der Waals surface area (Å²) < 4.78 is 17.9. The molecule has 0 N–H and O–H groups in total. The summed E-state index contributed by atoms with van der Waals surface area (Å²) >= 11 is 0. The van der Waals surface area contributed by atoms with Gasteiger partial charge in [0, 0.05) is 25.3 Å². The van der Waals surface area contributed by atoms with Crippen molar-refractivity contribution in [3.8, 4) is 0 Å². The molecule has 2 unspecified atom stereocenters. The van der Waals surface area contributed by atoms with E-state index in [1.165, 1.54) is 0 Å². The summed E-state index contributed by atoms with van der Waals surface area (Å²) in [6, 6.07) is 0. The maximum Gasteiger partial charge on any atom is 0.307 e. The van der Waals surface area contributed by atoms with Gasteiger partial charge in [0.1, 0.15) is 6.10 Å². The summed E-state index contributed by atoms with van der Waals surface area (Å²) in [5.74, 6) is -0.247. The SMILES string of the molecule is CCC1(C(C)C)O[C@H]2CC(OC(=O)CCN(C)C)C[C@H]2O1. The predicted molar refractivity (Wildman–Crippen MR) is 79.9 cm³/mol. The van der Waals surface area contributed by atoms with Gasteiger partial charge in [-0.2, -0.15) is 0 Å². The van der Waals surface area contributed by atoms with Crippen molar-refractivity contribution >= 4 is 5.97 Å². The van der Waals surface area contributed by atoms with Gasteiger partial charge in [-0.05, 0) is 20.5 Å². The van der Waals surface area contributed by atoms with Crippen LogP contribution in [0.2, 0.25) is 0 Å². The van der Waals surface area contributed by atoms with Crippen LogP contribution in [-0.4, -0.2) is 55.6 Å². The topological polar surface area (TPSA) is 48.0 Å². The fraction of sp³-hybridized carbons (Fsp3) is 0.938. The zero-order valence-electron chi connectivity index (χ0n) is 13.9. The highest BCUT2D eigenvalue weighted by molar-refractivity contribution is 5.69. The summed E-state index contributed by atoms with van der Waals surface area (Å²) in [7, 11) is 3.90. The van der Waals surface area contributed by atoms with E-state index < -0.39 is 5.79 Å². The summed E-state index contributed by atoms with van der Waals surface area (Å²) in [6.45, 7) is 7.07. The van der Waals surface area contributed by atoms with Gasteiger partial charge < -0.3 is 19.1 Å². The second-order valence-corrected chi connectivity index (χ2v) is 6.77. The zero-order valence-corrected chi connectivity index (χ0v) is 13.9. The third-order valence-electron chi connectivity index (χ3n) is 4.54. The number of fused-ring (bicyclic) bond motifs is 1. The first-order chi connectivity index (χ1) is 9.86. The number of hydrogen-bond acceptors (Lipinski definition) is 5. The largest absolute Gasteiger partial charge is 0.462 e. The fourth-order valence-electron chi connectivity index (χ4n) is 3.21. The van der Waals surface area contributed by atoms with Gasteiger partial charge >= 0.3 is 5.97 Å². The van der Waals surface area contributed by atoms with Crippen molar-refractivity contribution < 1.29 is 19.0 Å². The summed E-state index contributed by atoms with van der Waals surface area (Å²) in [5.41, 5.74) is 0. The average molecular weight is 299 g/mol. The van der Waals surface area contributed by atoms with Crippen molar-refractivity contribution in [1.82, 2.24) is 4.90 Å². The van der Waals surface area contributed by atoms with Crippen molar-refractivity contribution in [1.29, 1.82) is 0 Å². The molecule has 0 bridgehead atoms. The van der Waals surface area contributed by atoms with Gasteiger partial charge in [0.05, 0.1) is 18.6 Å². The number of nitrogens with zero attached hydrogens (tertiary/aromatic N) is 1. The van der Waals surface area contributed by atoms with Gasteiger partial charge in [-0.25, -0.2) is 0 Å². The first-order valence-corrected chi connectivity index (χ1v) is 8.06. The fourth-order valence-corrected chi connectivity index (χ4v) is 3.21. The van der Waals surface area contributed by atoms with Gasteiger partial charge in [0.2, 0.25) is 0 Å². The van der Waals surface area contributed by atoms with E-state index in [1.54, 1.807) is 0 Å². The lowest BCUT2D eigenvalue weighted by Gasteiger charge is -2.32. The van der Waals surface area contributed by atoms with E-state index in [0.29, 0.717) is 12.3 Å². The Morgan fingerprint density at radius 3 is 2.29 bits per heavy atom. The van der Waals surface area contributed by atoms with Crippen LogP contribution in [-0.2, 0) is 19.0 Å². The van der Waals surface area contributed by atoms with Crippen LogP contribution < -0.4 is 0 Å². The van der Waals surface area contributed by atoms with Crippen LogP contribution in [0.4, 0.5) is 0 Å². The minimum Gasteiger partial charge on any atom is -0.462 e. The Labute approximate surface area is 127 Å². The Kier molecular flexibility index (Phi) is 5.28. The molecular formula is C16H29NO4. The van der Waals surface area contributed by atoms with Crippen LogP contribution >= 0.6 is 0 Å². The van der Waals surface area contributed by atoms with Gasteiger partial charge in [0.25, 0.3) is 0 Å². The van der Waals surface area contributed by atoms with Gasteiger partial charge in [-0.1, -0.05) is 20.8 Å². The molecule has 5 nitrogen and oxygen atoms in total. The molecule has 2 aliphatic rings. The zero-order chi connectivity index (χ0) is 15.6. The number of ether oxygens (including phenoxy) is 3. The van der Waals surface area contributed by atoms with E-state index in [0.717, 1.165) is 25.8 Å². The quantitative estimate of drug-likeness (QED) is 0.704. The molecule has 2 fully saturated rings. The molecule has 21 heavy (non-hydrogen) atoms. The molecule has 0 radical (unpaired) electrons. The summed E-state index contributed by atoms with van der Waals surface area (Å²) in [6.07, 6.45) is 2.88. The lowest BCUT2D eigenvalue weighted by Crippen LogP contribution is -2.37. The minimum absolute atomic E-state index is 0.0586. The van der Waals surface area contributed by atoms with Crippen molar-refractivity contribution in [2.45, 2.75) is 70.6 Å². The third kappa shape index (κ3) is 3.76. The molecule has 1 saturated heterocycles. The second kappa shape index (κ2) is 6.63. The molecule has 122 valence electrons. The van der Waals surface area contributed by atoms with E-state index in [-0.39, 0.29) is 24.3 Å². The molecule has 4 atom stereocenters. The van der Waals surface area contributed by atoms with E-state index in [9.17, 15) is 4.79 Å². The van der Waals surface area contributed by atoms with Crippen molar-refractivity contribution in [2.75, 3.05) is 20.6 Å². The third-order valence-corrected chi connectivity index (χ3v) is 4.54. The number of carbonyl (C=O) groups excluding carboxylic acids is 1. The highest BCUT2D eigenvalue weighted by Crippen LogP contribution is 2.44. The van der Waals surface area contributed by atoms with Gasteiger partial charge in [-0.3, -0.25) is 4.79 Å². The highest BCUT2D eigenvalue weighted by Gasteiger charge is 2.53. The van der Waals surface area contributed by atoms with Gasteiger partial charge in [0.15, 0.2) is 5.79 Å². The summed E-state index contributed by atoms with van der Waals surface area (Å²) in [5, 5.41) is 0. The van der Waals surface area contributed by atoms with E-state index in [2.05, 4.69) is 20.8 Å². The maximum atomic E-state index is 11.8. The Morgan fingerprint density at radius 2 is 1.86 bits per heavy atom. The average Bonchev–Trinajstić information content (AvgIpc) is 2.91. The molecule has 0 aromatic carbocycles. The lowest BCUT2D eigenvalue weighted by atomic mass is 10.0. The molecule has 0 aromatic heterocycles. The van der Waals surface area contributed by atoms with Crippen molar-refractivity contribution in [2.24, 2.45) is 5.92 Å². The van der Waals surface area contributed by atoms with Crippen LogP contribution in [0.3, 0.4) is 0 Å². The van der Waals surface area contributed by atoms with Crippen molar-refractivity contribution in [3.05, 3.63) is 0 Å². The molecule has 0 amide bonds. The Hall–Kier alpha value is -0.650. The highest BCUT2D eigenvalue weighted by atomic mass is 16.8. The molecule has 1 heterocycles. The van der Waals surface area contributed by atoms with Crippen LogP contribution in [0.25, 0.3) is 0 Å². The predicted octanol–water partition coefficient (Wildman–Crippen LogP) is 2.19. The monoisotopic (exact) mass is 299 g/mol. The molecular weight excluding hydrogens is 270 g/mol. The molecule has 0 aromatic rings. The molecule has 0 spiro atoms. The molecule has 5 heteroatoms. The molecule has 1 saturated carbocycles. The number of hydrogen-bond donors (Lipinski definition) is 0. The molecule has 2 rings (SSSR count). The number of carbonyl (C=O) groups is 1. The second-order valence-electron chi connectivity index (χ2n) is 6.77. The molecule has 1 aliphatic heterocycles. The Bertz CT molecular complexity index is 355. The maximum absolute atomic E-state index is 11.8. The normalized spacial score (nSPS) is 35.5. The smallest absolute Gasteiger partial charge is 0.307 e. The van der Waals surface area contributed by atoms with E-state index >= 15 is 0 Å². The first-order valence-electron chi connectivity index (χ1n) is 8.06. The van der Waals surface area contributed by atoms with E-state index in [1.807, 2.05) is 19.0 Å². The first kappa shape index (κ1) is 16.7. The van der Waals surface area contributed by atoms with E-state index in [4.69, 9.17) is 14.2 Å². The number of rotatable bonds is 6. The molecule has 1 aliphatic carbocycles. The standard InChI is InChI=1S/C16H29NO4/c1-6-16(11(2)3)20-13-9-12(10-14(13)21-16)19-15(18)7-8-17(4)5/h11-14H,6-10H2,1-5H3/t12?,13-,14+,16?. The van der Waals surface area contributed by atoms with Crippen LogP contribution in [0, 0.1) is 5.92 Å². The number of esters is 1. The van der Waals surface area contributed by atoms with Crippen LogP contribution in [0.1, 0.15) is 46.5 Å². The minimum atomic E-state index is -0.449. The Balaban J connectivity index is 1.81. The Morgan fingerprint density at radius 1 is 1.29 bits per heavy atom. The lowest BCUT2D eigenvalue weighted by molar-refractivity contribution is -0.214. The van der Waals surface area contributed by atoms with Crippen molar-refractivity contribution in [3.63, 3.8) is 0 Å².